The molecule has 4 rings (SSSR count). The van der Waals surface area contributed by atoms with E-state index < -0.39 is 10.9 Å². The number of carbonyl (C=O) groups excluding carboxylic acids is 1. The van der Waals surface area contributed by atoms with Crippen molar-refractivity contribution in [2.24, 2.45) is 4.99 Å². The van der Waals surface area contributed by atoms with Crippen LogP contribution in [0.3, 0.4) is 0 Å². The highest BCUT2D eigenvalue weighted by Crippen LogP contribution is 2.24. The summed E-state index contributed by atoms with van der Waals surface area (Å²) < 4.78 is 12.1. The number of nitro groups is 1. The zero-order chi connectivity index (χ0) is 22.7. The van der Waals surface area contributed by atoms with Gasteiger partial charge < -0.3 is 9.47 Å². The molecule has 0 amide bonds. The molecule has 7 nitrogen and oxygen atoms in total. The maximum absolute atomic E-state index is 12.2. The highest BCUT2D eigenvalue weighted by atomic mass is 79.9. The zero-order valence-electron chi connectivity index (χ0n) is 16.9. The average molecular weight is 493 g/mol. The Kier molecular flexibility index (Phi) is 6.13. The third-order valence-corrected chi connectivity index (χ3v) is 5.57. The van der Waals surface area contributed by atoms with Crippen LogP contribution in [0.25, 0.3) is 6.08 Å². The number of aliphatic imine (C=N–C) groups is 1. The lowest BCUT2D eigenvalue weighted by molar-refractivity contribution is -0.385. The molecule has 0 saturated carbocycles. The van der Waals surface area contributed by atoms with Gasteiger partial charge in [0.2, 0.25) is 5.90 Å². The van der Waals surface area contributed by atoms with Crippen LogP contribution in [-0.4, -0.2) is 16.8 Å². The van der Waals surface area contributed by atoms with Crippen molar-refractivity contribution in [1.82, 2.24) is 0 Å². The second-order valence-electron chi connectivity index (χ2n) is 7.04. The molecule has 160 valence electrons. The van der Waals surface area contributed by atoms with Crippen molar-refractivity contribution >= 4 is 39.6 Å². The third-order valence-electron chi connectivity index (χ3n) is 4.80. The van der Waals surface area contributed by atoms with E-state index in [0.717, 1.165) is 15.6 Å². The molecule has 0 bridgehead atoms. The van der Waals surface area contributed by atoms with Crippen LogP contribution in [0.4, 0.5) is 5.69 Å². The first kappa shape index (κ1) is 21.5. The molecule has 1 heterocycles. The number of carbonyl (C=O) groups is 1. The number of rotatable bonds is 6. The van der Waals surface area contributed by atoms with Gasteiger partial charge in [-0.1, -0.05) is 46.3 Å². The van der Waals surface area contributed by atoms with E-state index >= 15 is 0 Å². The van der Waals surface area contributed by atoms with Crippen LogP contribution in [0, 0.1) is 17.0 Å². The zero-order valence-corrected chi connectivity index (χ0v) is 18.5. The molecule has 3 aromatic rings. The molecule has 0 aliphatic carbocycles. The molecule has 1 aliphatic heterocycles. The molecule has 8 heteroatoms. The van der Waals surface area contributed by atoms with Gasteiger partial charge in [0.05, 0.1) is 4.92 Å². The predicted molar refractivity (Wildman–Crippen MR) is 123 cm³/mol. The van der Waals surface area contributed by atoms with Crippen molar-refractivity contribution < 1.29 is 19.2 Å². The quantitative estimate of drug-likeness (QED) is 0.193. The minimum atomic E-state index is -0.578. The van der Waals surface area contributed by atoms with Crippen LogP contribution in [0.2, 0.25) is 0 Å². The molecule has 32 heavy (non-hydrogen) atoms. The van der Waals surface area contributed by atoms with E-state index in [1.807, 2.05) is 48.5 Å². The van der Waals surface area contributed by atoms with E-state index in [1.54, 1.807) is 19.1 Å². The SMILES string of the molecule is Cc1cc(C2=N/C(=C\c3ccc(OCc4ccccc4Br)cc3)C(=O)O2)ccc1[N+](=O)[O-]. The predicted octanol–water partition coefficient (Wildman–Crippen LogP) is 5.59. The molecular formula is C24H17BrN2O5. The van der Waals surface area contributed by atoms with Crippen LogP contribution < -0.4 is 4.74 Å². The van der Waals surface area contributed by atoms with Crippen molar-refractivity contribution in [3.8, 4) is 5.75 Å². The van der Waals surface area contributed by atoms with Gasteiger partial charge in [0.25, 0.3) is 5.69 Å². The Labute approximate surface area is 192 Å². The molecule has 0 radical (unpaired) electrons. The van der Waals surface area contributed by atoms with Crippen molar-refractivity contribution in [3.05, 3.63) is 109 Å². The lowest BCUT2D eigenvalue weighted by Gasteiger charge is -2.08. The van der Waals surface area contributed by atoms with E-state index in [0.29, 0.717) is 23.5 Å². The summed E-state index contributed by atoms with van der Waals surface area (Å²) in [7, 11) is 0. The smallest absolute Gasteiger partial charge is 0.363 e. The van der Waals surface area contributed by atoms with Gasteiger partial charge >= 0.3 is 5.97 Å². The highest BCUT2D eigenvalue weighted by Gasteiger charge is 2.25. The average Bonchev–Trinajstić information content (AvgIpc) is 3.14. The minimum absolute atomic E-state index is 0.00336. The molecule has 0 N–H and O–H groups in total. The van der Waals surface area contributed by atoms with Gasteiger partial charge in [-0.3, -0.25) is 10.1 Å². The highest BCUT2D eigenvalue weighted by molar-refractivity contribution is 9.10. The second-order valence-corrected chi connectivity index (χ2v) is 7.90. The molecule has 0 spiro atoms. The fourth-order valence-electron chi connectivity index (χ4n) is 3.12. The van der Waals surface area contributed by atoms with Gasteiger partial charge in [-0.15, -0.1) is 0 Å². The van der Waals surface area contributed by atoms with E-state index in [9.17, 15) is 14.9 Å². The monoisotopic (exact) mass is 492 g/mol. The standard InChI is InChI=1S/C24H17BrN2O5/c1-15-12-17(8-11-22(15)27(29)30)23-26-21(24(28)32-23)13-16-6-9-19(10-7-16)31-14-18-4-2-3-5-20(18)25/h2-13H,14H2,1H3/b21-13-. The van der Waals surface area contributed by atoms with Crippen LogP contribution in [0.15, 0.2) is 81.9 Å². The summed E-state index contributed by atoms with van der Waals surface area (Å²) in [5.41, 5.74) is 2.91. The van der Waals surface area contributed by atoms with Crippen molar-refractivity contribution in [2.75, 3.05) is 0 Å². The van der Waals surface area contributed by atoms with Gasteiger partial charge in [-0.05, 0) is 48.9 Å². The van der Waals surface area contributed by atoms with Crippen LogP contribution in [-0.2, 0) is 16.1 Å². The summed E-state index contributed by atoms with van der Waals surface area (Å²) in [5, 5.41) is 11.0. The molecule has 0 atom stereocenters. The summed E-state index contributed by atoms with van der Waals surface area (Å²) in [6.07, 6.45) is 1.62. The number of aryl methyl sites for hydroxylation is 1. The summed E-state index contributed by atoms with van der Waals surface area (Å²) in [6.45, 7) is 2.05. The van der Waals surface area contributed by atoms with Gasteiger partial charge in [-0.2, -0.15) is 0 Å². The van der Waals surface area contributed by atoms with Crippen LogP contribution >= 0.6 is 15.9 Å². The van der Waals surface area contributed by atoms with Crippen molar-refractivity contribution in [2.45, 2.75) is 13.5 Å². The number of nitrogens with zero attached hydrogens (tertiary/aromatic N) is 2. The van der Waals surface area contributed by atoms with Crippen LogP contribution in [0.5, 0.6) is 5.75 Å². The number of nitro benzene ring substituents is 1. The van der Waals surface area contributed by atoms with Crippen LogP contribution in [0.1, 0.15) is 22.3 Å². The lowest BCUT2D eigenvalue weighted by Crippen LogP contribution is -2.06. The second kappa shape index (κ2) is 9.15. The van der Waals surface area contributed by atoms with Gasteiger partial charge in [0.1, 0.15) is 12.4 Å². The number of hydrogen-bond acceptors (Lipinski definition) is 6. The Hall–Kier alpha value is -3.78. The number of cyclic esters (lactones) is 1. The fraction of sp³-hybridized carbons (Fsp3) is 0.0833. The first-order chi connectivity index (χ1) is 15.4. The summed E-state index contributed by atoms with van der Waals surface area (Å²) >= 11 is 3.50. The Morgan fingerprint density at radius 2 is 1.88 bits per heavy atom. The van der Waals surface area contributed by atoms with Crippen molar-refractivity contribution in [1.29, 1.82) is 0 Å². The minimum Gasteiger partial charge on any atom is -0.489 e. The van der Waals surface area contributed by atoms with Gasteiger partial charge in [0.15, 0.2) is 5.70 Å². The summed E-state index contributed by atoms with van der Waals surface area (Å²) in [5.74, 6) is 0.236. The maximum Gasteiger partial charge on any atom is 0.363 e. The number of halogens is 1. The first-order valence-electron chi connectivity index (χ1n) is 9.65. The Morgan fingerprint density at radius 1 is 1.12 bits per heavy atom. The summed E-state index contributed by atoms with van der Waals surface area (Å²) in [4.78, 5) is 27.0. The molecule has 0 aromatic heterocycles. The first-order valence-corrected chi connectivity index (χ1v) is 10.4. The molecule has 0 fully saturated rings. The van der Waals surface area contributed by atoms with E-state index in [4.69, 9.17) is 9.47 Å². The number of hydrogen-bond donors (Lipinski definition) is 0. The molecule has 0 unspecified atom stereocenters. The molecular weight excluding hydrogens is 476 g/mol. The summed E-state index contributed by atoms with van der Waals surface area (Å²) in [6, 6.07) is 19.6. The van der Waals surface area contributed by atoms with Gasteiger partial charge in [-0.25, -0.2) is 9.79 Å². The number of ether oxygens (including phenoxy) is 2. The molecule has 1 aliphatic rings. The van der Waals surface area contributed by atoms with E-state index in [2.05, 4.69) is 20.9 Å². The van der Waals surface area contributed by atoms with E-state index in [1.165, 1.54) is 12.1 Å². The topological polar surface area (TPSA) is 91.0 Å². The van der Waals surface area contributed by atoms with Crippen molar-refractivity contribution in [3.63, 3.8) is 0 Å². The Morgan fingerprint density at radius 3 is 2.56 bits per heavy atom. The molecule has 0 saturated heterocycles. The fourth-order valence-corrected chi connectivity index (χ4v) is 3.52. The largest absolute Gasteiger partial charge is 0.489 e. The van der Waals surface area contributed by atoms with Gasteiger partial charge in [0, 0.05) is 27.2 Å². The maximum atomic E-state index is 12.2. The number of benzene rings is 3. The number of esters is 1. The Bertz CT molecular complexity index is 1270. The normalized spacial score (nSPS) is 14.2. The third kappa shape index (κ3) is 4.76. The Balaban J connectivity index is 1.48. The molecule has 3 aromatic carbocycles. The lowest BCUT2D eigenvalue weighted by atomic mass is 10.1. The van der Waals surface area contributed by atoms with E-state index in [-0.39, 0.29) is 17.3 Å².